The predicted molar refractivity (Wildman–Crippen MR) is 89.5 cm³/mol. The third-order valence-electron chi connectivity index (χ3n) is 7.90. The monoisotopic (exact) mass is 358 g/mol. The lowest BCUT2D eigenvalue weighted by atomic mass is 9.21. The number of rotatable bonds is 1. The normalized spacial score (nSPS) is 45.9. The zero-order valence-corrected chi connectivity index (χ0v) is 15.2. The van der Waals surface area contributed by atoms with Crippen molar-refractivity contribution < 1.29 is 28.0 Å². The van der Waals surface area contributed by atoms with Crippen LogP contribution >= 0.6 is 0 Å². The average Bonchev–Trinajstić information content (AvgIpc) is 2.86. The minimum Gasteiger partial charge on any atom is -0.452 e. The Balaban J connectivity index is 1.45. The van der Waals surface area contributed by atoms with E-state index in [0.717, 1.165) is 12.3 Å². The molecule has 0 N–H and O–H groups in total. The fourth-order valence-electron chi connectivity index (χ4n) is 6.61. The van der Waals surface area contributed by atoms with Gasteiger partial charge in [-0.3, -0.25) is 0 Å². The van der Waals surface area contributed by atoms with Gasteiger partial charge in [-0.1, -0.05) is 13.0 Å². The van der Waals surface area contributed by atoms with Gasteiger partial charge in [0.25, 0.3) is 0 Å². The highest BCUT2D eigenvalue weighted by Crippen LogP contribution is 2.87. The number of esters is 1. The van der Waals surface area contributed by atoms with E-state index in [1.165, 1.54) is 12.5 Å². The molecular weight excluding hydrogens is 338 g/mol. The van der Waals surface area contributed by atoms with Gasteiger partial charge in [0.2, 0.25) is 5.79 Å². The third-order valence-corrected chi connectivity index (χ3v) is 7.90. The minimum atomic E-state index is -1.17. The van der Waals surface area contributed by atoms with Crippen molar-refractivity contribution in [3.8, 4) is 5.75 Å². The lowest BCUT2D eigenvalue weighted by molar-refractivity contribution is -0.429. The quantitative estimate of drug-likeness (QED) is 0.570. The van der Waals surface area contributed by atoms with Gasteiger partial charge in [0.1, 0.15) is 17.1 Å². The summed E-state index contributed by atoms with van der Waals surface area (Å²) in [5.41, 5.74) is -0.0355. The Morgan fingerprint density at radius 2 is 1.92 bits per heavy atom. The first kappa shape index (κ1) is 15.5. The molecule has 0 radical (unpaired) electrons. The van der Waals surface area contributed by atoms with Crippen LogP contribution in [-0.4, -0.2) is 30.1 Å². The van der Waals surface area contributed by atoms with Gasteiger partial charge in [0, 0.05) is 24.7 Å². The van der Waals surface area contributed by atoms with Crippen molar-refractivity contribution in [3.63, 3.8) is 0 Å². The second kappa shape index (κ2) is 3.97. The van der Waals surface area contributed by atoms with Crippen molar-refractivity contribution in [2.45, 2.75) is 57.5 Å². The lowest BCUT2D eigenvalue weighted by Crippen LogP contribution is -2.92. The fraction of sp³-hybridized carbons (Fsp3) is 0.632. The Bertz CT molecular complexity index is 902. The largest absolute Gasteiger partial charge is 0.498 e. The van der Waals surface area contributed by atoms with Crippen molar-refractivity contribution in [1.82, 2.24) is 0 Å². The second-order valence-corrected chi connectivity index (χ2v) is 9.21. The summed E-state index contributed by atoms with van der Waals surface area (Å²) >= 11 is 0. The fourth-order valence-corrected chi connectivity index (χ4v) is 6.61. The van der Waals surface area contributed by atoms with Gasteiger partial charge in [0.05, 0.1) is 11.2 Å². The maximum Gasteiger partial charge on any atom is 0.498 e. The molecule has 0 aromatic heterocycles. The Kier molecular flexibility index (Phi) is 2.36. The first-order valence-corrected chi connectivity index (χ1v) is 9.23. The van der Waals surface area contributed by atoms with Crippen LogP contribution in [0.4, 0.5) is 4.39 Å². The number of hydrogen-bond donors (Lipinski definition) is 0. The summed E-state index contributed by atoms with van der Waals surface area (Å²) in [6.07, 6.45) is 2.19. The van der Waals surface area contributed by atoms with Gasteiger partial charge in [0.15, 0.2) is 0 Å². The molecule has 5 nitrogen and oxygen atoms in total. The van der Waals surface area contributed by atoms with Crippen molar-refractivity contribution >= 4 is 18.6 Å². The van der Waals surface area contributed by atoms with Gasteiger partial charge in [-0.2, -0.15) is 0 Å². The van der Waals surface area contributed by atoms with Crippen molar-refractivity contribution in [2.75, 3.05) is 0 Å². The van der Waals surface area contributed by atoms with E-state index in [1.54, 1.807) is 19.9 Å². The van der Waals surface area contributed by atoms with E-state index in [2.05, 4.69) is 13.8 Å². The molecule has 5 aliphatic rings. The molecule has 7 heteroatoms. The summed E-state index contributed by atoms with van der Waals surface area (Å²) in [7, 11) is -0.667. The van der Waals surface area contributed by atoms with Gasteiger partial charge < -0.3 is 18.8 Å². The number of carbonyl (C=O) groups excluding carboxylic acids is 1. The number of fused-ring (bicyclic) bond motifs is 2. The van der Waals surface area contributed by atoms with Crippen LogP contribution in [0.5, 0.6) is 5.75 Å². The van der Waals surface area contributed by atoms with E-state index in [0.29, 0.717) is 11.4 Å². The highest BCUT2D eigenvalue weighted by Gasteiger charge is 2.93. The molecule has 5 atom stereocenters. The number of carbonyl (C=O) groups is 1. The molecule has 0 amide bonds. The van der Waals surface area contributed by atoms with Gasteiger partial charge in [-0.15, -0.1) is 0 Å². The Hall–Kier alpha value is -1.60. The molecule has 0 bridgehead atoms. The number of hydrogen-bond acceptors (Lipinski definition) is 5. The molecule has 6 rings (SSSR count). The SMILES string of the molecule is CC1(C)OC(=O)c2c(F)ccc(B3OC45CC6CC(C64C)[C@]5(C)O3)c2O1. The van der Waals surface area contributed by atoms with E-state index >= 15 is 0 Å². The van der Waals surface area contributed by atoms with Crippen molar-refractivity contribution in [3.05, 3.63) is 23.5 Å². The summed E-state index contributed by atoms with van der Waals surface area (Å²) < 4.78 is 38.2. The highest BCUT2D eigenvalue weighted by molar-refractivity contribution is 6.63. The first-order valence-electron chi connectivity index (χ1n) is 9.23. The highest BCUT2D eigenvalue weighted by atomic mass is 19.1. The van der Waals surface area contributed by atoms with E-state index in [9.17, 15) is 9.18 Å². The maximum absolute atomic E-state index is 14.3. The third kappa shape index (κ3) is 1.31. The van der Waals surface area contributed by atoms with Crippen LogP contribution in [0.2, 0.25) is 0 Å². The van der Waals surface area contributed by atoms with Crippen molar-refractivity contribution in [2.24, 2.45) is 17.3 Å². The molecule has 3 aliphatic carbocycles. The zero-order chi connectivity index (χ0) is 18.3. The van der Waals surface area contributed by atoms with Crippen LogP contribution in [-0.2, 0) is 14.0 Å². The minimum absolute atomic E-state index is 0.172. The topological polar surface area (TPSA) is 54.0 Å². The lowest BCUT2D eigenvalue weighted by Gasteiger charge is -2.87. The molecule has 1 aromatic carbocycles. The molecule has 2 heterocycles. The second-order valence-electron chi connectivity index (χ2n) is 9.21. The molecule has 26 heavy (non-hydrogen) atoms. The molecule has 1 aromatic rings. The maximum atomic E-state index is 14.3. The standard InChI is InChI=1S/C19H20BFO5/c1-16(2)23-14-10(5-6-11(21)13(14)15(22)24-16)20-25-18(4)12-7-9-8-19(18,26-20)17(9,12)3/h5-6,9,12H,7-8H2,1-4H3/t9?,12?,17?,18-,19?/m0/s1. The molecule has 2 aliphatic heterocycles. The van der Waals surface area contributed by atoms with Crippen LogP contribution < -0.4 is 10.2 Å². The van der Waals surface area contributed by atoms with Crippen LogP contribution in [0, 0.1) is 23.1 Å². The van der Waals surface area contributed by atoms with Crippen molar-refractivity contribution in [1.29, 1.82) is 0 Å². The number of benzene rings is 1. The molecule has 4 fully saturated rings. The van der Waals surface area contributed by atoms with Crippen LogP contribution in [0.25, 0.3) is 0 Å². The molecule has 3 saturated carbocycles. The smallest absolute Gasteiger partial charge is 0.452 e. The predicted octanol–water partition coefficient (Wildman–Crippen LogP) is 2.41. The van der Waals surface area contributed by atoms with Crippen LogP contribution in [0.1, 0.15) is 50.9 Å². The summed E-state index contributed by atoms with van der Waals surface area (Å²) in [6, 6.07) is 2.85. The summed E-state index contributed by atoms with van der Waals surface area (Å²) in [5, 5.41) is 0. The molecular formula is C19H20BFO5. The van der Waals surface area contributed by atoms with E-state index in [1.807, 2.05) is 0 Å². The van der Waals surface area contributed by atoms with Gasteiger partial charge in [-0.05, 0) is 37.7 Å². The summed E-state index contributed by atoms with van der Waals surface area (Å²) in [4.78, 5) is 12.3. The van der Waals surface area contributed by atoms with E-state index in [-0.39, 0.29) is 27.9 Å². The number of halogens is 1. The van der Waals surface area contributed by atoms with Crippen LogP contribution in [0.3, 0.4) is 0 Å². The average molecular weight is 358 g/mol. The number of cyclic esters (lactones) is 1. The first-order chi connectivity index (χ1) is 12.1. The van der Waals surface area contributed by atoms with E-state index in [4.69, 9.17) is 18.8 Å². The molecule has 1 saturated heterocycles. The molecule has 136 valence electrons. The number of ether oxygens (including phenoxy) is 2. The Labute approximate surface area is 151 Å². The molecule has 4 unspecified atom stereocenters. The van der Waals surface area contributed by atoms with Gasteiger partial charge >= 0.3 is 13.1 Å². The summed E-state index contributed by atoms with van der Waals surface area (Å²) in [6.45, 7) is 7.67. The molecule has 1 spiro atoms. The summed E-state index contributed by atoms with van der Waals surface area (Å²) in [5.74, 6) is -1.17. The van der Waals surface area contributed by atoms with E-state index < -0.39 is 24.7 Å². The Morgan fingerprint density at radius 3 is 2.58 bits per heavy atom. The van der Waals surface area contributed by atoms with Crippen LogP contribution in [0.15, 0.2) is 12.1 Å². The van der Waals surface area contributed by atoms with Gasteiger partial charge in [-0.25, -0.2) is 9.18 Å². The Morgan fingerprint density at radius 1 is 1.15 bits per heavy atom. The zero-order valence-electron chi connectivity index (χ0n) is 15.2.